The smallest absolute Gasteiger partial charge is 0.144 e. The van der Waals surface area contributed by atoms with Crippen LogP contribution in [0.15, 0.2) is 122 Å². The first-order chi connectivity index (χ1) is 18.7. The third kappa shape index (κ3) is 3.53. The summed E-state index contributed by atoms with van der Waals surface area (Å²) in [4.78, 5) is 9.36. The largest absolute Gasteiger partial charge is 0.308 e. The number of imidazole rings is 1. The Bertz CT molecular complexity index is 1870. The molecule has 0 aliphatic heterocycles. The first-order valence-electron chi connectivity index (χ1n) is 12.8. The molecule has 4 aromatic carbocycles. The second-order valence-electron chi connectivity index (χ2n) is 9.72. The van der Waals surface area contributed by atoms with Crippen LogP contribution in [-0.2, 0) is 0 Å². The molecule has 0 aliphatic carbocycles. The molecule has 7 aromatic rings. The topological polar surface area (TPSA) is 35.6 Å². The lowest BCUT2D eigenvalue weighted by Gasteiger charge is -2.17. The molecule has 3 aromatic heterocycles. The first kappa shape index (κ1) is 22.3. The van der Waals surface area contributed by atoms with Crippen LogP contribution in [0.1, 0.15) is 11.1 Å². The predicted molar refractivity (Wildman–Crippen MR) is 156 cm³/mol. The van der Waals surface area contributed by atoms with Crippen LogP contribution >= 0.6 is 0 Å². The van der Waals surface area contributed by atoms with Crippen molar-refractivity contribution in [3.63, 3.8) is 0 Å². The Morgan fingerprint density at radius 2 is 1.32 bits per heavy atom. The number of aromatic nitrogens is 4. The molecule has 4 nitrogen and oxygen atoms in total. The van der Waals surface area contributed by atoms with E-state index in [9.17, 15) is 0 Å². The molecule has 0 fully saturated rings. The van der Waals surface area contributed by atoms with Crippen molar-refractivity contribution in [3.8, 4) is 33.9 Å². The molecule has 0 spiro atoms. The summed E-state index contributed by atoms with van der Waals surface area (Å²) in [6, 6.07) is 36.3. The average Bonchev–Trinajstić information content (AvgIpc) is 3.56. The Kier molecular flexibility index (Phi) is 5.19. The third-order valence-electron chi connectivity index (χ3n) is 7.27. The fraction of sp³-hybridized carbons (Fsp3) is 0.0588. The monoisotopic (exact) mass is 490 g/mol. The highest BCUT2D eigenvalue weighted by molar-refractivity contribution is 6.07. The minimum Gasteiger partial charge on any atom is -0.308 e. The molecule has 3 heterocycles. The second kappa shape index (κ2) is 8.86. The molecule has 0 atom stereocenters. The van der Waals surface area contributed by atoms with Gasteiger partial charge in [-0.2, -0.15) is 0 Å². The fourth-order valence-electron chi connectivity index (χ4n) is 5.67. The number of aryl methyl sites for hydroxylation is 2. The zero-order chi connectivity index (χ0) is 25.6. The van der Waals surface area contributed by atoms with Gasteiger partial charge in [-0.1, -0.05) is 60.7 Å². The summed E-state index contributed by atoms with van der Waals surface area (Å²) in [7, 11) is 0. The summed E-state index contributed by atoms with van der Waals surface area (Å²) in [6.45, 7) is 4.37. The van der Waals surface area contributed by atoms with Crippen LogP contribution in [0.4, 0.5) is 0 Å². The lowest BCUT2D eigenvalue weighted by atomic mass is 9.98. The molecule has 0 aliphatic rings. The van der Waals surface area contributed by atoms with Crippen molar-refractivity contribution >= 4 is 21.9 Å². The highest BCUT2D eigenvalue weighted by atomic mass is 15.1. The number of nitrogens with zero attached hydrogens (tertiary/aromatic N) is 4. The Hall–Kier alpha value is -4.96. The first-order valence-corrected chi connectivity index (χ1v) is 12.8. The molecular formula is C34H26N4. The van der Waals surface area contributed by atoms with E-state index in [0.29, 0.717) is 0 Å². The van der Waals surface area contributed by atoms with Gasteiger partial charge >= 0.3 is 0 Å². The van der Waals surface area contributed by atoms with Crippen molar-refractivity contribution in [2.45, 2.75) is 13.8 Å². The maximum Gasteiger partial charge on any atom is 0.144 e. The number of fused-ring (bicyclic) bond motifs is 3. The summed E-state index contributed by atoms with van der Waals surface area (Å²) in [5.41, 5.74) is 11.5. The normalized spacial score (nSPS) is 11.4. The van der Waals surface area contributed by atoms with Gasteiger partial charge in [0, 0.05) is 35.2 Å². The molecule has 0 radical (unpaired) electrons. The number of hydrogen-bond donors (Lipinski definition) is 0. The molecule has 38 heavy (non-hydrogen) atoms. The van der Waals surface area contributed by atoms with Crippen molar-refractivity contribution < 1.29 is 0 Å². The van der Waals surface area contributed by atoms with E-state index in [1.165, 1.54) is 33.3 Å². The maximum absolute atomic E-state index is 4.69. The number of benzene rings is 4. The second-order valence-corrected chi connectivity index (χ2v) is 9.72. The Morgan fingerprint density at radius 3 is 2.16 bits per heavy atom. The van der Waals surface area contributed by atoms with Gasteiger partial charge in [-0.3, -0.25) is 9.55 Å². The van der Waals surface area contributed by atoms with Gasteiger partial charge in [-0.25, -0.2) is 4.98 Å². The van der Waals surface area contributed by atoms with Crippen molar-refractivity contribution in [1.82, 2.24) is 19.1 Å². The summed E-state index contributed by atoms with van der Waals surface area (Å²) in [6.07, 6.45) is 5.79. The summed E-state index contributed by atoms with van der Waals surface area (Å²) >= 11 is 0. The Morgan fingerprint density at radius 1 is 0.579 bits per heavy atom. The van der Waals surface area contributed by atoms with Gasteiger partial charge in [-0.15, -0.1) is 0 Å². The number of hydrogen-bond acceptors (Lipinski definition) is 2. The summed E-state index contributed by atoms with van der Waals surface area (Å²) < 4.78 is 4.51. The minimum atomic E-state index is 0.950. The standard InChI is InChI=1S/C34H26N4/c1-23-20-27(21-24(2)33(23)37-19-18-36-34(37)25-10-4-3-5-11-25)26-12-8-13-28(22-26)38-30-15-7-6-14-29(30)32-31(38)16-9-17-35-32/h3-22H,1-2H3. The van der Waals surface area contributed by atoms with Crippen LogP contribution in [-0.4, -0.2) is 19.1 Å². The van der Waals surface area contributed by atoms with Crippen molar-refractivity contribution in [2.75, 3.05) is 0 Å². The highest BCUT2D eigenvalue weighted by Gasteiger charge is 2.15. The zero-order valence-electron chi connectivity index (χ0n) is 21.3. The van der Waals surface area contributed by atoms with Gasteiger partial charge in [0.25, 0.3) is 0 Å². The molecule has 7 rings (SSSR count). The quantitative estimate of drug-likeness (QED) is 0.249. The van der Waals surface area contributed by atoms with E-state index in [4.69, 9.17) is 4.98 Å². The van der Waals surface area contributed by atoms with Crippen LogP contribution in [0.5, 0.6) is 0 Å². The van der Waals surface area contributed by atoms with E-state index >= 15 is 0 Å². The van der Waals surface area contributed by atoms with E-state index in [0.717, 1.165) is 33.6 Å². The third-order valence-corrected chi connectivity index (χ3v) is 7.27. The molecule has 0 unspecified atom stereocenters. The lowest BCUT2D eigenvalue weighted by Crippen LogP contribution is -2.02. The van der Waals surface area contributed by atoms with E-state index in [-0.39, 0.29) is 0 Å². The number of para-hydroxylation sites is 1. The van der Waals surface area contributed by atoms with Crippen molar-refractivity contribution in [2.24, 2.45) is 0 Å². The lowest BCUT2D eigenvalue weighted by molar-refractivity contribution is 1.03. The van der Waals surface area contributed by atoms with Crippen molar-refractivity contribution in [1.29, 1.82) is 0 Å². The Labute approximate surface area is 221 Å². The zero-order valence-corrected chi connectivity index (χ0v) is 21.3. The predicted octanol–water partition coefficient (Wildman–Crippen LogP) is 8.32. The number of rotatable bonds is 4. The Balaban J connectivity index is 1.35. The van der Waals surface area contributed by atoms with Crippen LogP contribution in [0.25, 0.3) is 55.8 Å². The molecule has 0 bridgehead atoms. The molecule has 0 amide bonds. The van der Waals surface area contributed by atoms with E-state index in [1.54, 1.807) is 0 Å². The van der Waals surface area contributed by atoms with Gasteiger partial charge in [-0.05, 0) is 78.6 Å². The average molecular weight is 491 g/mol. The van der Waals surface area contributed by atoms with Gasteiger partial charge in [0.1, 0.15) is 5.82 Å². The van der Waals surface area contributed by atoms with Crippen LogP contribution in [0, 0.1) is 13.8 Å². The SMILES string of the molecule is Cc1cc(-c2cccc(-n3c4ccccc4c4ncccc43)c2)cc(C)c1-n1ccnc1-c1ccccc1. The highest BCUT2D eigenvalue weighted by Crippen LogP contribution is 2.34. The van der Waals surface area contributed by atoms with Gasteiger partial charge in [0.2, 0.25) is 0 Å². The molecular weight excluding hydrogens is 464 g/mol. The molecule has 4 heteroatoms. The van der Waals surface area contributed by atoms with E-state index in [2.05, 4.69) is 119 Å². The molecule has 0 saturated heterocycles. The van der Waals surface area contributed by atoms with Crippen LogP contribution in [0.2, 0.25) is 0 Å². The van der Waals surface area contributed by atoms with Crippen LogP contribution in [0.3, 0.4) is 0 Å². The number of pyridine rings is 1. The van der Waals surface area contributed by atoms with Gasteiger partial charge < -0.3 is 4.57 Å². The van der Waals surface area contributed by atoms with Crippen LogP contribution < -0.4 is 0 Å². The summed E-state index contributed by atoms with van der Waals surface area (Å²) in [5, 5.41) is 1.17. The molecule has 0 N–H and O–H groups in total. The maximum atomic E-state index is 4.69. The van der Waals surface area contributed by atoms with E-state index in [1.807, 2.05) is 30.7 Å². The van der Waals surface area contributed by atoms with Crippen molar-refractivity contribution in [3.05, 3.63) is 133 Å². The molecule has 182 valence electrons. The fourth-order valence-corrected chi connectivity index (χ4v) is 5.67. The minimum absolute atomic E-state index is 0.950. The van der Waals surface area contributed by atoms with Gasteiger partial charge in [0.05, 0.1) is 22.2 Å². The van der Waals surface area contributed by atoms with E-state index < -0.39 is 0 Å². The summed E-state index contributed by atoms with van der Waals surface area (Å²) in [5.74, 6) is 0.950. The van der Waals surface area contributed by atoms with Gasteiger partial charge in [0.15, 0.2) is 0 Å². The molecule has 0 saturated carbocycles.